The number of aromatic nitrogens is 2. The lowest BCUT2D eigenvalue weighted by Crippen LogP contribution is -2.17. The predicted molar refractivity (Wildman–Crippen MR) is 27.1 cm³/mol. The molecule has 10 heavy (non-hydrogen) atoms. The van der Waals surface area contributed by atoms with E-state index in [1.807, 2.05) is 0 Å². The maximum absolute atomic E-state index is 11.5. The van der Waals surface area contributed by atoms with Crippen molar-refractivity contribution in [2.24, 2.45) is 0 Å². The van der Waals surface area contributed by atoms with Crippen LogP contribution in [0, 0.1) is 6.20 Å². The van der Waals surface area contributed by atoms with Gasteiger partial charge in [0.2, 0.25) is 0 Å². The van der Waals surface area contributed by atoms with Crippen molar-refractivity contribution in [3.05, 3.63) is 18.5 Å². The van der Waals surface area contributed by atoms with Crippen molar-refractivity contribution in [2.75, 3.05) is 0 Å². The van der Waals surface area contributed by atoms with Gasteiger partial charge in [0, 0.05) is 6.20 Å². The van der Waals surface area contributed by atoms with Gasteiger partial charge in [-0.25, -0.2) is 0 Å². The molecule has 55 valence electrons. The van der Waals surface area contributed by atoms with Crippen LogP contribution in [0.4, 0.5) is 13.2 Å². The standard InChI is InChI=1S/C5H4F3N2/c6-5(7,8)4-10-3-1-2-9-10/h1-2H,4H2. The minimum absolute atomic E-state index is 0.708. The second-order valence-electron chi connectivity index (χ2n) is 1.73. The summed E-state index contributed by atoms with van der Waals surface area (Å²) in [6, 6.07) is 1.33. The number of nitrogens with zero attached hydrogens (tertiary/aromatic N) is 2. The zero-order valence-corrected chi connectivity index (χ0v) is 4.89. The summed E-state index contributed by atoms with van der Waals surface area (Å²) in [4.78, 5) is 0. The fourth-order valence-electron chi connectivity index (χ4n) is 0.523. The fourth-order valence-corrected chi connectivity index (χ4v) is 0.523. The Hall–Kier alpha value is -1.00. The molecule has 0 fully saturated rings. The molecular formula is C5H4F3N2. The van der Waals surface area contributed by atoms with Crippen LogP contribution in [-0.4, -0.2) is 16.0 Å². The highest BCUT2D eigenvalue weighted by Crippen LogP contribution is 2.15. The zero-order chi connectivity index (χ0) is 7.61. The van der Waals surface area contributed by atoms with Gasteiger partial charge in [-0.15, -0.1) is 0 Å². The number of hydrogen-bond acceptors (Lipinski definition) is 1. The molecule has 0 aromatic carbocycles. The van der Waals surface area contributed by atoms with Crippen molar-refractivity contribution >= 4 is 0 Å². The molecule has 1 heterocycles. The topological polar surface area (TPSA) is 17.8 Å². The molecule has 1 aromatic heterocycles. The number of alkyl halides is 3. The van der Waals surface area contributed by atoms with E-state index in [-0.39, 0.29) is 0 Å². The normalized spacial score (nSPS) is 11.9. The van der Waals surface area contributed by atoms with Gasteiger partial charge in [-0.2, -0.15) is 18.3 Å². The van der Waals surface area contributed by atoms with Gasteiger partial charge in [0.25, 0.3) is 0 Å². The molecule has 1 radical (unpaired) electrons. The predicted octanol–water partition coefficient (Wildman–Crippen LogP) is 1.25. The highest BCUT2D eigenvalue weighted by molar-refractivity contribution is 4.75. The van der Waals surface area contributed by atoms with Crippen LogP contribution in [-0.2, 0) is 6.54 Å². The fraction of sp³-hybridized carbons (Fsp3) is 0.400. The Kier molecular flexibility index (Phi) is 1.65. The molecule has 1 rings (SSSR count). The summed E-state index contributed by atoms with van der Waals surface area (Å²) in [6.45, 7) is -1.07. The van der Waals surface area contributed by atoms with Crippen LogP contribution < -0.4 is 0 Å². The summed E-state index contributed by atoms with van der Waals surface area (Å²) in [7, 11) is 0. The van der Waals surface area contributed by atoms with Crippen molar-refractivity contribution < 1.29 is 13.2 Å². The first kappa shape index (κ1) is 7.11. The Bertz CT molecular complexity index is 189. The monoisotopic (exact) mass is 149 g/mol. The van der Waals surface area contributed by atoms with Gasteiger partial charge in [0.05, 0.1) is 6.20 Å². The molecule has 2 nitrogen and oxygen atoms in total. The maximum Gasteiger partial charge on any atom is 0.408 e. The quantitative estimate of drug-likeness (QED) is 0.587. The molecule has 0 atom stereocenters. The lowest BCUT2D eigenvalue weighted by Gasteiger charge is -2.04. The van der Waals surface area contributed by atoms with Gasteiger partial charge >= 0.3 is 6.18 Å². The first-order valence-corrected chi connectivity index (χ1v) is 2.54. The Labute approximate surface area is 55.3 Å². The molecule has 5 heteroatoms. The zero-order valence-electron chi connectivity index (χ0n) is 4.89. The summed E-state index contributed by atoms with van der Waals surface area (Å²) in [5.41, 5.74) is 0. The summed E-state index contributed by atoms with van der Waals surface area (Å²) in [6.07, 6.45) is -0.671. The van der Waals surface area contributed by atoms with Crippen LogP contribution >= 0.6 is 0 Å². The largest absolute Gasteiger partial charge is 0.408 e. The van der Waals surface area contributed by atoms with Gasteiger partial charge in [0.1, 0.15) is 6.54 Å². The third-order valence-electron chi connectivity index (χ3n) is 0.833. The SMILES string of the molecule is FC(F)(F)Cn1[c]ccn1. The third kappa shape index (κ3) is 2.08. The Balaban J connectivity index is 2.57. The lowest BCUT2D eigenvalue weighted by atomic mass is 10.6. The van der Waals surface area contributed by atoms with Gasteiger partial charge in [-0.05, 0) is 6.07 Å². The summed E-state index contributed by atoms with van der Waals surface area (Å²) in [5.74, 6) is 0. The Morgan fingerprint density at radius 2 is 2.20 bits per heavy atom. The second-order valence-corrected chi connectivity index (χ2v) is 1.73. The van der Waals surface area contributed by atoms with Crippen molar-refractivity contribution in [1.29, 1.82) is 0 Å². The van der Waals surface area contributed by atoms with Gasteiger partial charge in [-0.3, -0.25) is 4.68 Å². The van der Waals surface area contributed by atoms with Crippen molar-refractivity contribution in [3.63, 3.8) is 0 Å². The van der Waals surface area contributed by atoms with Crippen LogP contribution in [0.15, 0.2) is 12.3 Å². The molecule has 0 aliphatic heterocycles. The van der Waals surface area contributed by atoms with Gasteiger partial charge in [-0.1, -0.05) is 0 Å². The summed E-state index contributed by atoms with van der Waals surface area (Å²) < 4.78 is 35.3. The number of rotatable bonds is 1. The average Bonchev–Trinajstić information content (AvgIpc) is 2.12. The molecule has 0 saturated carbocycles. The average molecular weight is 149 g/mol. The summed E-state index contributed by atoms with van der Waals surface area (Å²) >= 11 is 0. The van der Waals surface area contributed by atoms with E-state index in [2.05, 4.69) is 11.3 Å². The minimum Gasteiger partial charge on any atom is -0.254 e. The Morgan fingerprint density at radius 3 is 2.60 bits per heavy atom. The minimum atomic E-state index is -4.21. The van der Waals surface area contributed by atoms with Crippen LogP contribution in [0.3, 0.4) is 0 Å². The Morgan fingerprint density at radius 1 is 1.50 bits per heavy atom. The third-order valence-corrected chi connectivity index (χ3v) is 0.833. The van der Waals surface area contributed by atoms with E-state index in [1.165, 1.54) is 12.3 Å². The van der Waals surface area contributed by atoms with Crippen LogP contribution in [0.1, 0.15) is 0 Å². The van der Waals surface area contributed by atoms with Gasteiger partial charge < -0.3 is 0 Å². The van der Waals surface area contributed by atoms with E-state index < -0.39 is 12.7 Å². The number of halogens is 3. The first-order valence-electron chi connectivity index (χ1n) is 2.54. The van der Waals surface area contributed by atoms with E-state index in [1.54, 1.807) is 0 Å². The first-order chi connectivity index (χ1) is 4.58. The maximum atomic E-state index is 11.5. The second kappa shape index (κ2) is 2.32. The highest BCUT2D eigenvalue weighted by Gasteiger charge is 2.27. The van der Waals surface area contributed by atoms with Crippen LogP contribution in [0.2, 0.25) is 0 Å². The molecule has 0 bridgehead atoms. The van der Waals surface area contributed by atoms with Gasteiger partial charge in [0.15, 0.2) is 0 Å². The van der Waals surface area contributed by atoms with Crippen molar-refractivity contribution in [2.45, 2.75) is 12.7 Å². The molecule has 0 aliphatic rings. The molecule has 1 aromatic rings. The smallest absolute Gasteiger partial charge is 0.254 e. The van der Waals surface area contributed by atoms with Crippen LogP contribution in [0.25, 0.3) is 0 Å². The lowest BCUT2D eigenvalue weighted by molar-refractivity contribution is -0.142. The molecule has 0 aliphatic carbocycles. The molecule has 0 unspecified atom stereocenters. The molecule has 0 amide bonds. The van der Waals surface area contributed by atoms with Crippen molar-refractivity contribution in [1.82, 2.24) is 9.78 Å². The van der Waals surface area contributed by atoms with E-state index in [4.69, 9.17) is 0 Å². The number of hydrogen-bond donors (Lipinski definition) is 0. The van der Waals surface area contributed by atoms with E-state index >= 15 is 0 Å². The summed E-state index contributed by atoms with van der Waals surface area (Å²) in [5, 5.41) is 3.34. The molecule has 0 N–H and O–H groups in total. The highest BCUT2D eigenvalue weighted by atomic mass is 19.4. The van der Waals surface area contributed by atoms with Crippen LogP contribution in [0.5, 0.6) is 0 Å². The van der Waals surface area contributed by atoms with E-state index in [9.17, 15) is 13.2 Å². The molecular weight excluding hydrogens is 145 g/mol. The van der Waals surface area contributed by atoms with E-state index in [0.717, 1.165) is 0 Å². The molecule has 0 saturated heterocycles. The molecule has 0 spiro atoms. The van der Waals surface area contributed by atoms with Crippen molar-refractivity contribution in [3.8, 4) is 0 Å². The van der Waals surface area contributed by atoms with E-state index in [0.29, 0.717) is 4.68 Å².